The summed E-state index contributed by atoms with van der Waals surface area (Å²) in [5, 5.41) is 3.60. The van der Waals surface area contributed by atoms with Crippen LogP contribution in [0.15, 0.2) is 6.20 Å². The quantitative estimate of drug-likeness (QED) is 0.745. The van der Waals surface area contributed by atoms with Crippen LogP contribution in [0.4, 0.5) is 11.8 Å². The zero-order valence-electron chi connectivity index (χ0n) is 11.9. The second-order valence-electron chi connectivity index (χ2n) is 5.84. The number of nitrogens with one attached hydrogen (secondary N) is 1. The van der Waals surface area contributed by atoms with Crippen LogP contribution in [-0.4, -0.2) is 28.7 Å². The molecule has 3 rings (SSSR count). The first-order valence-electron chi connectivity index (χ1n) is 7.37. The fraction of sp³-hybridized carbons (Fsp3) is 0.714. The van der Waals surface area contributed by atoms with Crippen molar-refractivity contribution in [2.24, 2.45) is 5.41 Å². The van der Waals surface area contributed by atoms with Gasteiger partial charge < -0.3 is 21.5 Å². The molecule has 0 radical (unpaired) electrons. The van der Waals surface area contributed by atoms with E-state index in [-0.39, 0.29) is 5.95 Å². The van der Waals surface area contributed by atoms with Crippen LogP contribution in [0.5, 0.6) is 0 Å². The highest BCUT2D eigenvalue weighted by molar-refractivity contribution is 5.41. The van der Waals surface area contributed by atoms with E-state index in [1.807, 2.05) is 0 Å². The van der Waals surface area contributed by atoms with Crippen LogP contribution >= 0.6 is 0 Å². The lowest BCUT2D eigenvalue weighted by Gasteiger charge is -2.61. The predicted octanol–water partition coefficient (Wildman–Crippen LogP) is 1.08. The van der Waals surface area contributed by atoms with Crippen molar-refractivity contribution in [2.45, 2.75) is 51.3 Å². The van der Waals surface area contributed by atoms with E-state index >= 15 is 0 Å². The Bertz CT molecular complexity index is 488. The third-order valence-electron chi connectivity index (χ3n) is 4.89. The number of hydrogen-bond donors (Lipinski definition) is 3. The zero-order chi connectivity index (χ0) is 14.2. The summed E-state index contributed by atoms with van der Waals surface area (Å²) in [5.74, 6) is 0.690. The van der Waals surface area contributed by atoms with Gasteiger partial charge in [0.05, 0.1) is 6.10 Å². The molecule has 6 heteroatoms. The van der Waals surface area contributed by atoms with Crippen LogP contribution < -0.4 is 16.8 Å². The van der Waals surface area contributed by atoms with Gasteiger partial charge in [-0.05, 0) is 26.2 Å². The summed E-state index contributed by atoms with van der Waals surface area (Å²) in [4.78, 5) is 7.99. The number of aromatic nitrogens is 2. The Labute approximate surface area is 119 Å². The van der Waals surface area contributed by atoms with Gasteiger partial charge in [-0.25, -0.2) is 4.98 Å². The average molecular weight is 277 g/mol. The number of nitrogens with zero attached hydrogens (tertiary/aromatic N) is 2. The lowest BCUT2D eigenvalue weighted by molar-refractivity contribution is -0.173. The Balaban J connectivity index is 1.59. The molecule has 2 unspecified atom stereocenters. The summed E-state index contributed by atoms with van der Waals surface area (Å²) < 4.78 is 5.85. The molecule has 0 saturated heterocycles. The smallest absolute Gasteiger partial charge is 0.221 e. The van der Waals surface area contributed by atoms with E-state index in [4.69, 9.17) is 16.2 Å². The van der Waals surface area contributed by atoms with E-state index in [0.29, 0.717) is 29.9 Å². The molecule has 2 fully saturated rings. The summed E-state index contributed by atoms with van der Waals surface area (Å²) in [6.07, 6.45) is 7.07. The molecule has 1 heterocycles. The Kier molecular flexibility index (Phi) is 3.52. The van der Waals surface area contributed by atoms with E-state index in [1.165, 1.54) is 19.3 Å². The lowest BCUT2D eigenvalue weighted by Crippen LogP contribution is -2.66. The minimum atomic E-state index is 0.224. The molecule has 2 atom stereocenters. The van der Waals surface area contributed by atoms with Crippen LogP contribution in [0.1, 0.15) is 38.2 Å². The fourth-order valence-corrected chi connectivity index (χ4v) is 3.53. The van der Waals surface area contributed by atoms with Gasteiger partial charge in [-0.2, -0.15) is 4.98 Å². The Hall–Kier alpha value is -1.40. The van der Waals surface area contributed by atoms with Gasteiger partial charge in [0.2, 0.25) is 5.95 Å². The Morgan fingerprint density at radius 1 is 1.45 bits per heavy atom. The van der Waals surface area contributed by atoms with Crippen LogP contribution in [0.2, 0.25) is 0 Å². The first-order chi connectivity index (χ1) is 9.65. The predicted molar refractivity (Wildman–Crippen MR) is 77.8 cm³/mol. The third kappa shape index (κ3) is 2.13. The number of ether oxygens (including phenoxy) is 1. The maximum atomic E-state index is 5.86. The van der Waals surface area contributed by atoms with Crippen LogP contribution in [0.25, 0.3) is 0 Å². The maximum Gasteiger partial charge on any atom is 0.221 e. The van der Waals surface area contributed by atoms with Crippen molar-refractivity contribution >= 4 is 11.8 Å². The summed E-state index contributed by atoms with van der Waals surface area (Å²) in [6, 6.07) is 0.518. The highest BCUT2D eigenvalue weighted by atomic mass is 16.5. The van der Waals surface area contributed by atoms with Crippen LogP contribution in [0, 0.1) is 5.41 Å². The molecule has 0 bridgehead atoms. The number of anilines is 2. The highest BCUT2D eigenvalue weighted by Crippen LogP contribution is 2.57. The fourth-order valence-electron chi connectivity index (χ4n) is 3.53. The molecule has 2 aliphatic carbocycles. The van der Waals surface area contributed by atoms with Gasteiger partial charge in [0.25, 0.3) is 0 Å². The monoisotopic (exact) mass is 277 g/mol. The van der Waals surface area contributed by atoms with Crippen molar-refractivity contribution in [1.29, 1.82) is 0 Å². The molecule has 0 amide bonds. The van der Waals surface area contributed by atoms with E-state index < -0.39 is 0 Å². The molecule has 1 spiro atoms. The Morgan fingerprint density at radius 2 is 2.25 bits per heavy atom. The van der Waals surface area contributed by atoms with Crippen molar-refractivity contribution in [1.82, 2.24) is 15.3 Å². The van der Waals surface area contributed by atoms with Gasteiger partial charge in [-0.1, -0.05) is 6.42 Å². The minimum absolute atomic E-state index is 0.224. The second-order valence-corrected chi connectivity index (χ2v) is 5.84. The molecule has 1 aromatic rings. The molecule has 2 saturated carbocycles. The summed E-state index contributed by atoms with van der Waals surface area (Å²) in [6.45, 7) is 3.56. The van der Waals surface area contributed by atoms with Gasteiger partial charge in [0.15, 0.2) is 0 Å². The first kappa shape index (κ1) is 13.6. The largest absolute Gasteiger partial charge is 0.383 e. The van der Waals surface area contributed by atoms with Crippen molar-refractivity contribution in [3.05, 3.63) is 11.8 Å². The zero-order valence-corrected chi connectivity index (χ0v) is 11.9. The van der Waals surface area contributed by atoms with Gasteiger partial charge in [-0.15, -0.1) is 0 Å². The van der Waals surface area contributed by atoms with Crippen molar-refractivity contribution in [3.63, 3.8) is 0 Å². The van der Waals surface area contributed by atoms with Gasteiger partial charge in [0, 0.05) is 36.4 Å². The minimum Gasteiger partial charge on any atom is -0.383 e. The topological polar surface area (TPSA) is 99.1 Å². The summed E-state index contributed by atoms with van der Waals surface area (Å²) in [7, 11) is 0. The van der Waals surface area contributed by atoms with E-state index in [0.717, 1.165) is 18.6 Å². The van der Waals surface area contributed by atoms with Crippen molar-refractivity contribution < 1.29 is 4.74 Å². The molecule has 0 aliphatic heterocycles. The van der Waals surface area contributed by atoms with Gasteiger partial charge in [0.1, 0.15) is 5.82 Å². The summed E-state index contributed by atoms with van der Waals surface area (Å²) in [5.41, 5.74) is 12.6. The average Bonchev–Trinajstić information content (AvgIpc) is 2.32. The van der Waals surface area contributed by atoms with Crippen LogP contribution in [0.3, 0.4) is 0 Å². The van der Waals surface area contributed by atoms with Gasteiger partial charge in [-0.3, -0.25) is 0 Å². The molecule has 1 aromatic heterocycles. The van der Waals surface area contributed by atoms with E-state index in [1.54, 1.807) is 6.20 Å². The van der Waals surface area contributed by atoms with Gasteiger partial charge >= 0.3 is 0 Å². The number of rotatable bonds is 5. The number of hydrogen-bond acceptors (Lipinski definition) is 6. The molecule has 110 valence electrons. The molecule has 0 aromatic carbocycles. The third-order valence-corrected chi connectivity index (χ3v) is 4.89. The first-order valence-corrected chi connectivity index (χ1v) is 7.37. The number of nitrogens with two attached hydrogens (primary N) is 2. The van der Waals surface area contributed by atoms with Crippen molar-refractivity contribution in [2.75, 3.05) is 18.1 Å². The lowest BCUT2D eigenvalue weighted by atomic mass is 9.51. The van der Waals surface area contributed by atoms with Crippen LogP contribution in [-0.2, 0) is 11.3 Å². The molecule has 20 heavy (non-hydrogen) atoms. The molecule has 2 aliphatic rings. The molecular weight excluding hydrogens is 254 g/mol. The molecule has 5 N–H and O–H groups in total. The standard InChI is InChI=1S/C14H23N5O/c1-2-20-11-6-10(14(11)4-3-5-14)17-7-9-8-18-13(16)19-12(9)15/h8,10-11,17H,2-7H2,1H3,(H4,15,16,18,19). The highest BCUT2D eigenvalue weighted by Gasteiger charge is 2.58. The van der Waals surface area contributed by atoms with E-state index in [9.17, 15) is 0 Å². The van der Waals surface area contributed by atoms with Crippen molar-refractivity contribution in [3.8, 4) is 0 Å². The number of nitrogen functional groups attached to an aromatic ring is 2. The normalized spacial score (nSPS) is 27.1. The maximum absolute atomic E-state index is 5.86. The van der Waals surface area contributed by atoms with E-state index in [2.05, 4.69) is 22.2 Å². The SMILES string of the molecule is CCOC1CC(NCc2cnc(N)nc2N)C12CCC2. The summed E-state index contributed by atoms with van der Waals surface area (Å²) >= 11 is 0. The molecule has 6 nitrogen and oxygen atoms in total. The molecular formula is C14H23N5O. The second kappa shape index (κ2) is 5.18. The Morgan fingerprint density at radius 3 is 2.85 bits per heavy atom.